The van der Waals surface area contributed by atoms with Crippen LogP contribution in [0.4, 0.5) is 5.69 Å². The highest BCUT2D eigenvalue weighted by Gasteiger charge is 2.24. The number of rotatable bonds is 0. The number of fused-ring (bicyclic) bond motifs is 1. The molecule has 1 aliphatic rings. The highest BCUT2D eigenvalue weighted by atomic mass is 35.5. The van der Waals surface area contributed by atoms with E-state index in [0.29, 0.717) is 11.4 Å². The number of hydrazine groups is 1. The van der Waals surface area contributed by atoms with Gasteiger partial charge in [0.05, 0.1) is 12.1 Å². The van der Waals surface area contributed by atoms with Gasteiger partial charge in [0.1, 0.15) is 0 Å². The molecular formula is C8H7ClN2O. The van der Waals surface area contributed by atoms with E-state index in [4.69, 9.17) is 17.4 Å². The molecule has 62 valence electrons. The molecule has 0 spiro atoms. The van der Waals surface area contributed by atoms with Gasteiger partial charge in [0.15, 0.2) is 0 Å². The molecule has 1 aromatic carbocycles. The summed E-state index contributed by atoms with van der Waals surface area (Å²) in [6.45, 7) is 0. The maximum Gasteiger partial charge on any atom is 0.245 e. The second kappa shape index (κ2) is 2.47. The zero-order chi connectivity index (χ0) is 8.72. The first-order chi connectivity index (χ1) is 5.68. The van der Waals surface area contributed by atoms with Gasteiger partial charge in [0.25, 0.3) is 0 Å². The molecule has 0 aromatic heterocycles. The molecule has 1 amide bonds. The van der Waals surface area contributed by atoms with Gasteiger partial charge in [-0.3, -0.25) is 4.79 Å². The lowest BCUT2D eigenvalue weighted by atomic mass is 10.2. The fourth-order valence-electron chi connectivity index (χ4n) is 1.31. The lowest BCUT2D eigenvalue weighted by Gasteiger charge is -2.08. The van der Waals surface area contributed by atoms with Crippen molar-refractivity contribution in [2.45, 2.75) is 6.42 Å². The van der Waals surface area contributed by atoms with Gasteiger partial charge >= 0.3 is 0 Å². The largest absolute Gasteiger partial charge is 0.273 e. The van der Waals surface area contributed by atoms with Crippen molar-refractivity contribution in [3.05, 3.63) is 28.8 Å². The van der Waals surface area contributed by atoms with Crippen LogP contribution in [0.2, 0.25) is 5.02 Å². The smallest absolute Gasteiger partial charge is 0.245 e. The number of hydrogen-bond acceptors (Lipinski definition) is 2. The zero-order valence-corrected chi connectivity index (χ0v) is 7.01. The van der Waals surface area contributed by atoms with Crippen LogP contribution in [0.5, 0.6) is 0 Å². The van der Waals surface area contributed by atoms with Crippen molar-refractivity contribution < 1.29 is 4.79 Å². The van der Waals surface area contributed by atoms with Crippen LogP contribution in [-0.4, -0.2) is 5.91 Å². The van der Waals surface area contributed by atoms with Crippen LogP contribution < -0.4 is 10.9 Å². The molecule has 0 radical (unpaired) electrons. The summed E-state index contributed by atoms with van der Waals surface area (Å²) in [5, 5.41) is 1.79. The predicted molar refractivity (Wildman–Crippen MR) is 46.8 cm³/mol. The SMILES string of the molecule is NN1C(=O)Cc2cc(Cl)ccc21. The van der Waals surface area contributed by atoms with Crippen molar-refractivity contribution in [3.8, 4) is 0 Å². The van der Waals surface area contributed by atoms with Crippen LogP contribution in [0.15, 0.2) is 18.2 Å². The van der Waals surface area contributed by atoms with Crippen LogP contribution in [0.1, 0.15) is 5.56 Å². The maximum atomic E-state index is 11.1. The van der Waals surface area contributed by atoms with E-state index in [9.17, 15) is 4.79 Å². The van der Waals surface area contributed by atoms with Crippen molar-refractivity contribution in [3.63, 3.8) is 0 Å². The van der Waals surface area contributed by atoms with Gasteiger partial charge in [-0.15, -0.1) is 0 Å². The predicted octanol–water partition coefficient (Wildman–Crippen LogP) is 1.10. The van der Waals surface area contributed by atoms with E-state index in [1.165, 1.54) is 0 Å². The summed E-state index contributed by atoms with van der Waals surface area (Å²) in [6, 6.07) is 5.24. The van der Waals surface area contributed by atoms with Gasteiger partial charge in [-0.2, -0.15) is 0 Å². The highest BCUT2D eigenvalue weighted by molar-refractivity contribution is 6.30. The first-order valence-electron chi connectivity index (χ1n) is 3.54. The molecule has 4 heteroatoms. The van der Waals surface area contributed by atoms with Crippen molar-refractivity contribution in [2.24, 2.45) is 5.84 Å². The van der Waals surface area contributed by atoms with Gasteiger partial charge in [-0.05, 0) is 23.8 Å². The molecule has 0 unspecified atom stereocenters. The Labute approximate surface area is 74.7 Å². The van der Waals surface area contributed by atoms with Crippen LogP contribution in [0.3, 0.4) is 0 Å². The van der Waals surface area contributed by atoms with E-state index >= 15 is 0 Å². The number of nitrogens with two attached hydrogens (primary N) is 1. The van der Waals surface area contributed by atoms with E-state index in [0.717, 1.165) is 16.3 Å². The third-order valence-corrected chi connectivity index (χ3v) is 2.15. The monoisotopic (exact) mass is 182 g/mol. The third kappa shape index (κ3) is 0.983. The molecular weight excluding hydrogens is 176 g/mol. The highest BCUT2D eigenvalue weighted by Crippen LogP contribution is 2.28. The minimum atomic E-state index is -0.0905. The molecule has 1 heterocycles. The van der Waals surface area contributed by atoms with Crippen molar-refractivity contribution >= 4 is 23.2 Å². The normalized spacial score (nSPS) is 15.2. The van der Waals surface area contributed by atoms with Gasteiger partial charge < -0.3 is 0 Å². The number of anilines is 1. The minimum Gasteiger partial charge on any atom is -0.273 e. The topological polar surface area (TPSA) is 46.3 Å². The number of carbonyl (C=O) groups is 1. The molecule has 0 saturated heterocycles. The number of hydrogen-bond donors (Lipinski definition) is 1. The second-order valence-electron chi connectivity index (χ2n) is 2.71. The summed E-state index contributed by atoms with van der Waals surface area (Å²) in [5.41, 5.74) is 1.65. The molecule has 12 heavy (non-hydrogen) atoms. The quantitative estimate of drug-likeness (QED) is 0.483. The van der Waals surface area contributed by atoms with E-state index in [1.54, 1.807) is 18.2 Å². The van der Waals surface area contributed by atoms with Crippen LogP contribution >= 0.6 is 11.6 Å². The zero-order valence-electron chi connectivity index (χ0n) is 6.25. The Bertz CT molecular complexity index is 351. The Hall–Kier alpha value is -1.06. The van der Waals surface area contributed by atoms with Gasteiger partial charge in [0.2, 0.25) is 5.91 Å². The number of amides is 1. The first kappa shape index (κ1) is 7.58. The van der Waals surface area contributed by atoms with E-state index < -0.39 is 0 Å². The van der Waals surface area contributed by atoms with Crippen molar-refractivity contribution in [2.75, 3.05) is 5.01 Å². The standard InChI is InChI=1S/C8H7ClN2O/c9-6-1-2-7-5(3-6)4-8(12)11(7)10/h1-3H,4,10H2. The third-order valence-electron chi connectivity index (χ3n) is 1.91. The van der Waals surface area contributed by atoms with Crippen LogP contribution in [0.25, 0.3) is 0 Å². The lowest BCUT2D eigenvalue weighted by Crippen LogP contribution is -2.33. The van der Waals surface area contributed by atoms with Gasteiger partial charge in [-0.1, -0.05) is 11.6 Å². The van der Waals surface area contributed by atoms with E-state index in [2.05, 4.69) is 0 Å². The number of benzene rings is 1. The van der Waals surface area contributed by atoms with E-state index in [-0.39, 0.29) is 5.91 Å². The summed E-state index contributed by atoms with van der Waals surface area (Å²) in [7, 11) is 0. The molecule has 2 N–H and O–H groups in total. The molecule has 1 aromatic rings. The Morgan fingerprint density at radius 2 is 2.25 bits per heavy atom. The fraction of sp³-hybridized carbons (Fsp3) is 0.125. The van der Waals surface area contributed by atoms with Gasteiger partial charge in [-0.25, -0.2) is 10.9 Å². The maximum absolute atomic E-state index is 11.1. The van der Waals surface area contributed by atoms with Gasteiger partial charge in [0, 0.05) is 5.02 Å². The molecule has 0 saturated carbocycles. The minimum absolute atomic E-state index is 0.0905. The summed E-state index contributed by atoms with van der Waals surface area (Å²) < 4.78 is 0. The molecule has 2 rings (SSSR count). The lowest BCUT2D eigenvalue weighted by molar-refractivity contribution is -0.117. The summed E-state index contributed by atoms with van der Waals surface area (Å²) >= 11 is 5.75. The molecule has 1 aliphatic heterocycles. The summed E-state index contributed by atoms with van der Waals surface area (Å²) in [6.07, 6.45) is 0.354. The number of halogens is 1. The number of nitrogens with zero attached hydrogens (tertiary/aromatic N) is 1. The van der Waals surface area contributed by atoms with Crippen LogP contribution in [0, 0.1) is 0 Å². The number of carbonyl (C=O) groups excluding carboxylic acids is 1. The first-order valence-corrected chi connectivity index (χ1v) is 3.92. The Kier molecular flexibility index (Phi) is 1.56. The fourth-order valence-corrected chi connectivity index (χ4v) is 1.51. The molecule has 0 aliphatic carbocycles. The molecule has 0 fully saturated rings. The average molecular weight is 183 g/mol. The van der Waals surface area contributed by atoms with Crippen LogP contribution in [-0.2, 0) is 11.2 Å². The molecule has 0 atom stereocenters. The Morgan fingerprint density at radius 1 is 1.50 bits per heavy atom. The second-order valence-corrected chi connectivity index (χ2v) is 3.15. The Balaban J connectivity index is 2.54. The molecule has 0 bridgehead atoms. The van der Waals surface area contributed by atoms with Crippen molar-refractivity contribution in [1.29, 1.82) is 0 Å². The summed E-state index contributed by atoms with van der Waals surface area (Å²) in [5.74, 6) is 5.39. The Morgan fingerprint density at radius 3 is 3.00 bits per heavy atom. The van der Waals surface area contributed by atoms with Crippen molar-refractivity contribution in [1.82, 2.24) is 0 Å². The average Bonchev–Trinajstić information content (AvgIpc) is 2.28. The van der Waals surface area contributed by atoms with E-state index in [1.807, 2.05) is 0 Å². The molecule has 3 nitrogen and oxygen atoms in total. The summed E-state index contributed by atoms with van der Waals surface area (Å²) in [4.78, 5) is 11.1.